The average molecular weight is 346 g/mol. The lowest BCUT2D eigenvalue weighted by atomic mass is 10.2. The van der Waals surface area contributed by atoms with Crippen molar-refractivity contribution in [2.24, 2.45) is 0 Å². The van der Waals surface area contributed by atoms with Crippen LogP contribution < -0.4 is 10.6 Å². The molecule has 0 radical (unpaired) electrons. The summed E-state index contributed by atoms with van der Waals surface area (Å²) in [6.07, 6.45) is -1.88. The van der Waals surface area contributed by atoms with E-state index in [1.165, 1.54) is 6.07 Å². The highest BCUT2D eigenvalue weighted by Crippen LogP contribution is 2.36. The van der Waals surface area contributed by atoms with Crippen LogP contribution in [0.2, 0.25) is 5.02 Å². The van der Waals surface area contributed by atoms with Crippen molar-refractivity contribution in [3.8, 4) is 6.07 Å². The minimum Gasteiger partial charge on any atom is -0.360 e. The third kappa shape index (κ3) is 5.83. The Morgan fingerprint density at radius 3 is 2.70 bits per heavy atom. The largest absolute Gasteiger partial charge is 0.417 e. The van der Waals surface area contributed by atoms with Gasteiger partial charge in [-0.1, -0.05) is 24.9 Å². The monoisotopic (exact) mass is 345 g/mol. The zero-order valence-electron chi connectivity index (χ0n) is 12.3. The van der Waals surface area contributed by atoms with Crippen molar-refractivity contribution in [2.75, 3.05) is 11.9 Å². The van der Waals surface area contributed by atoms with Crippen molar-refractivity contribution < 1.29 is 18.0 Å². The van der Waals surface area contributed by atoms with E-state index in [9.17, 15) is 18.0 Å². The summed E-state index contributed by atoms with van der Waals surface area (Å²) < 4.78 is 38.3. The molecule has 0 aliphatic rings. The number of carbonyl (C=O) groups is 1. The van der Waals surface area contributed by atoms with E-state index in [-0.39, 0.29) is 11.3 Å². The predicted molar refractivity (Wildman–Crippen MR) is 81.7 cm³/mol. The molecule has 0 atom stereocenters. The number of hydrogen-bond donors (Lipinski definition) is 2. The number of hydrogen-bond acceptors (Lipinski definition) is 3. The average Bonchev–Trinajstić information content (AvgIpc) is 2.48. The first-order chi connectivity index (χ1) is 10.8. The molecule has 0 aromatic heterocycles. The van der Waals surface area contributed by atoms with Crippen LogP contribution in [0.1, 0.15) is 25.3 Å². The molecule has 1 aromatic rings. The molecule has 1 aromatic carbocycles. The molecule has 0 saturated heterocycles. The van der Waals surface area contributed by atoms with Gasteiger partial charge in [0.2, 0.25) is 0 Å². The predicted octanol–water partition coefficient (Wildman–Crippen LogP) is 4.09. The van der Waals surface area contributed by atoms with E-state index in [0.717, 1.165) is 31.2 Å². The van der Waals surface area contributed by atoms with Crippen LogP contribution in [0, 0.1) is 11.3 Å². The maximum atomic E-state index is 12.8. The van der Waals surface area contributed by atoms with Gasteiger partial charge in [-0.25, -0.2) is 0 Å². The van der Waals surface area contributed by atoms with E-state index in [1.54, 1.807) is 6.07 Å². The summed E-state index contributed by atoms with van der Waals surface area (Å²) in [5.41, 5.74) is -1.16. The number of benzene rings is 1. The molecule has 1 rings (SSSR count). The van der Waals surface area contributed by atoms with Crippen molar-refractivity contribution in [1.82, 2.24) is 5.32 Å². The second kappa shape index (κ2) is 8.44. The number of halogens is 4. The molecule has 0 aliphatic heterocycles. The topological polar surface area (TPSA) is 64.9 Å². The van der Waals surface area contributed by atoms with Crippen LogP contribution in [-0.4, -0.2) is 12.5 Å². The lowest BCUT2D eigenvalue weighted by Gasteiger charge is -2.11. The van der Waals surface area contributed by atoms with Gasteiger partial charge in [0.1, 0.15) is 11.6 Å². The van der Waals surface area contributed by atoms with Crippen LogP contribution >= 0.6 is 11.6 Å². The van der Waals surface area contributed by atoms with E-state index in [1.807, 2.05) is 6.92 Å². The van der Waals surface area contributed by atoms with E-state index >= 15 is 0 Å². The number of rotatable bonds is 6. The molecule has 0 unspecified atom stereocenters. The first-order valence-electron chi connectivity index (χ1n) is 6.81. The number of alkyl halides is 3. The standard InChI is InChI=1S/C15H15ClF3N3O/c1-2-3-6-21-14(23)10(8-20)9-22-11-4-5-13(16)12(7-11)15(17,18)19/h4-5,7,9,22H,2-3,6H2,1H3,(H,21,23)/b10-9-. The van der Waals surface area contributed by atoms with Gasteiger partial charge in [-0.3, -0.25) is 4.79 Å². The van der Waals surface area contributed by atoms with Gasteiger partial charge in [-0.2, -0.15) is 18.4 Å². The first kappa shape index (κ1) is 18.8. The second-order valence-electron chi connectivity index (χ2n) is 4.62. The van der Waals surface area contributed by atoms with Gasteiger partial charge < -0.3 is 10.6 Å². The lowest BCUT2D eigenvalue weighted by molar-refractivity contribution is -0.137. The Morgan fingerprint density at radius 2 is 2.13 bits per heavy atom. The molecule has 124 valence electrons. The lowest BCUT2D eigenvalue weighted by Crippen LogP contribution is -2.25. The van der Waals surface area contributed by atoms with Crippen LogP contribution in [-0.2, 0) is 11.0 Å². The molecule has 1 amide bonds. The van der Waals surface area contributed by atoms with Gasteiger partial charge in [0.15, 0.2) is 0 Å². The van der Waals surface area contributed by atoms with E-state index in [4.69, 9.17) is 16.9 Å². The molecule has 0 saturated carbocycles. The Balaban J connectivity index is 2.86. The van der Waals surface area contributed by atoms with E-state index < -0.39 is 22.7 Å². The molecular formula is C15H15ClF3N3O. The van der Waals surface area contributed by atoms with Gasteiger partial charge in [0, 0.05) is 18.4 Å². The zero-order valence-corrected chi connectivity index (χ0v) is 13.1. The SMILES string of the molecule is CCCCNC(=O)/C(C#N)=C\Nc1ccc(Cl)c(C(F)(F)F)c1. The summed E-state index contributed by atoms with van der Waals surface area (Å²) in [6, 6.07) is 4.91. The van der Waals surface area contributed by atoms with Crippen LogP contribution in [0.4, 0.5) is 18.9 Å². The molecule has 2 N–H and O–H groups in total. The van der Waals surface area contributed by atoms with Crippen LogP contribution in [0.25, 0.3) is 0 Å². The number of anilines is 1. The highest BCUT2D eigenvalue weighted by atomic mass is 35.5. The fourth-order valence-corrected chi connectivity index (χ4v) is 1.84. The van der Waals surface area contributed by atoms with Gasteiger partial charge >= 0.3 is 6.18 Å². The summed E-state index contributed by atoms with van der Waals surface area (Å²) in [5.74, 6) is -0.585. The second-order valence-corrected chi connectivity index (χ2v) is 5.02. The summed E-state index contributed by atoms with van der Waals surface area (Å²) in [7, 11) is 0. The number of nitriles is 1. The van der Waals surface area contributed by atoms with Crippen LogP contribution in [0.5, 0.6) is 0 Å². The molecular weight excluding hydrogens is 331 g/mol. The Morgan fingerprint density at radius 1 is 1.43 bits per heavy atom. The summed E-state index contributed by atoms with van der Waals surface area (Å²) >= 11 is 5.51. The normalized spacial score (nSPS) is 11.7. The van der Waals surface area contributed by atoms with Gasteiger partial charge in [-0.05, 0) is 24.6 Å². The smallest absolute Gasteiger partial charge is 0.360 e. The van der Waals surface area contributed by atoms with E-state index in [2.05, 4.69) is 10.6 Å². The molecule has 8 heteroatoms. The molecule has 4 nitrogen and oxygen atoms in total. The van der Waals surface area contributed by atoms with Crippen molar-refractivity contribution in [3.05, 3.63) is 40.6 Å². The summed E-state index contributed by atoms with van der Waals surface area (Å²) in [5, 5.41) is 13.6. The maximum absolute atomic E-state index is 12.8. The minimum absolute atomic E-state index is 0.0656. The first-order valence-corrected chi connectivity index (χ1v) is 7.19. The number of amides is 1. The molecule has 0 fully saturated rings. The van der Waals surface area contributed by atoms with Crippen molar-refractivity contribution in [1.29, 1.82) is 5.26 Å². The zero-order chi connectivity index (χ0) is 17.5. The van der Waals surface area contributed by atoms with Crippen molar-refractivity contribution in [3.63, 3.8) is 0 Å². The quantitative estimate of drug-likeness (QED) is 0.463. The Labute approximate surface area is 136 Å². The molecule has 0 bridgehead atoms. The van der Waals surface area contributed by atoms with Gasteiger partial charge in [-0.15, -0.1) is 0 Å². The molecule has 0 heterocycles. The maximum Gasteiger partial charge on any atom is 0.417 e. The number of nitrogens with one attached hydrogen (secondary N) is 2. The minimum atomic E-state index is -4.59. The number of carbonyl (C=O) groups excluding carboxylic acids is 1. The third-order valence-electron chi connectivity index (χ3n) is 2.84. The fourth-order valence-electron chi connectivity index (χ4n) is 1.61. The third-order valence-corrected chi connectivity index (χ3v) is 3.17. The molecule has 0 aliphatic carbocycles. The van der Waals surface area contributed by atoms with E-state index in [0.29, 0.717) is 6.54 Å². The van der Waals surface area contributed by atoms with Crippen LogP contribution in [0.15, 0.2) is 30.0 Å². The summed E-state index contributed by atoms with van der Waals surface area (Å²) in [6.45, 7) is 2.38. The van der Waals surface area contributed by atoms with Crippen LogP contribution in [0.3, 0.4) is 0 Å². The van der Waals surface area contributed by atoms with Crippen molar-refractivity contribution in [2.45, 2.75) is 25.9 Å². The Kier molecular flexibility index (Phi) is 6.91. The highest BCUT2D eigenvalue weighted by Gasteiger charge is 2.33. The highest BCUT2D eigenvalue weighted by molar-refractivity contribution is 6.31. The Bertz CT molecular complexity index is 636. The summed E-state index contributed by atoms with van der Waals surface area (Å²) in [4.78, 5) is 11.7. The number of unbranched alkanes of at least 4 members (excludes halogenated alkanes) is 1. The van der Waals surface area contributed by atoms with Gasteiger partial charge in [0.25, 0.3) is 5.91 Å². The van der Waals surface area contributed by atoms with Gasteiger partial charge in [0.05, 0.1) is 10.6 Å². The number of nitrogens with zero attached hydrogens (tertiary/aromatic N) is 1. The molecule has 0 spiro atoms. The fraction of sp³-hybridized carbons (Fsp3) is 0.333. The van der Waals surface area contributed by atoms with Crippen molar-refractivity contribution >= 4 is 23.2 Å². The Hall–Kier alpha value is -2.20. The molecule has 23 heavy (non-hydrogen) atoms.